The molecule has 0 radical (unpaired) electrons. The van der Waals surface area contributed by atoms with Crippen LogP contribution in [0.3, 0.4) is 0 Å². The van der Waals surface area contributed by atoms with Crippen LogP contribution in [0.5, 0.6) is 0 Å². The van der Waals surface area contributed by atoms with Crippen molar-refractivity contribution in [2.75, 3.05) is 54.4 Å². The van der Waals surface area contributed by atoms with Gasteiger partial charge in [0, 0.05) is 63.6 Å². The molecule has 2 aliphatic heterocycles. The van der Waals surface area contributed by atoms with Gasteiger partial charge < -0.3 is 15.1 Å². The topological polar surface area (TPSA) is 116 Å². The molecule has 2 fully saturated rings. The zero-order valence-electron chi connectivity index (χ0n) is 19.1. The molecule has 0 atom stereocenters. The van der Waals surface area contributed by atoms with Crippen molar-refractivity contribution in [2.24, 2.45) is 0 Å². The zero-order chi connectivity index (χ0) is 24.3. The number of piperazine rings is 1. The van der Waals surface area contributed by atoms with E-state index in [-0.39, 0.29) is 21.4 Å². The molecule has 2 aliphatic rings. The standard InChI is InChI=1S/C23H29N5O5S/c1-18(29)24-19-5-8-21(9-6-19)34(32,33)27-15-13-25(14-16-27)20-7-10-22(28(30)31)23(17-20)26-11-3-2-4-12-26/h5-10,17H,2-4,11-16H2,1H3,(H,24,29). The maximum absolute atomic E-state index is 13.1. The summed E-state index contributed by atoms with van der Waals surface area (Å²) in [6, 6.07) is 11.3. The number of hydrogen-bond acceptors (Lipinski definition) is 7. The maximum Gasteiger partial charge on any atom is 0.292 e. The number of hydrogen-bond donors (Lipinski definition) is 1. The molecule has 0 aliphatic carbocycles. The number of rotatable bonds is 6. The molecule has 34 heavy (non-hydrogen) atoms. The number of amides is 1. The molecule has 1 amide bonds. The summed E-state index contributed by atoms with van der Waals surface area (Å²) in [5.41, 5.74) is 2.15. The predicted octanol–water partition coefficient (Wildman–Crippen LogP) is 3.05. The first kappa shape index (κ1) is 24.0. The molecule has 0 saturated carbocycles. The monoisotopic (exact) mass is 487 g/mol. The second kappa shape index (κ2) is 9.98. The number of benzene rings is 2. The summed E-state index contributed by atoms with van der Waals surface area (Å²) in [5, 5.41) is 14.2. The zero-order valence-corrected chi connectivity index (χ0v) is 20.0. The van der Waals surface area contributed by atoms with Crippen LogP contribution in [-0.2, 0) is 14.8 Å². The summed E-state index contributed by atoms with van der Waals surface area (Å²) in [5.74, 6) is -0.221. The second-order valence-electron chi connectivity index (χ2n) is 8.57. The van der Waals surface area contributed by atoms with Crippen LogP contribution in [0.2, 0.25) is 0 Å². The number of nitro groups is 1. The number of nitrogens with one attached hydrogen (secondary N) is 1. The minimum absolute atomic E-state index is 0.106. The highest BCUT2D eigenvalue weighted by Crippen LogP contribution is 2.35. The molecule has 0 bridgehead atoms. The quantitative estimate of drug-likeness (QED) is 0.492. The van der Waals surface area contributed by atoms with Crippen LogP contribution in [-0.4, -0.2) is 62.8 Å². The van der Waals surface area contributed by atoms with Crippen LogP contribution >= 0.6 is 0 Å². The fourth-order valence-electron chi connectivity index (χ4n) is 4.50. The van der Waals surface area contributed by atoms with E-state index >= 15 is 0 Å². The summed E-state index contributed by atoms with van der Waals surface area (Å²) in [6.45, 7) is 4.59. The first-order valence-electron chi connectivity index (χ1n) is 11.4. The van der Waals surface area contributed by atoms with Crippen LogP contribution in [0.4, 0.5) is 22.7 Å². The summed E-state index contributed by atoms with van der Waals surface area (Å²) in [7, 11) is -3.66. The Morgan fingerprint density at radius 3 is 2.15 bits per heavy atom. The van der Waals surface area contributed by atoms with E-state index in [1.54, 1.807) is 24.3 Å². The fraction of sp³-hybridized carbons (Fsp3) is 0.435. The van der Waals surface area contributed by atoms with Gasteiger partial charge in [0.15, 0.2) is 0 Å². The molecule has 10 nitrogen and oxygen atoms in total. The molecule has 2 saturated heterocycles. The Morgan fingerprint density at radius 2 is 1.56 bits per heavy atom. The van der Waals surface area contributed by atoms with Gasteiger partial charge in [0.1, 0.15) is 5.69 Å². The van der Waals surface area contributed by atoms with E-state index in [9.17, 15) is 23.3 Å². The van der Waals surface area contributed by atoms with Gasteiger partial charge in [-0.05, 0) is 55.7 Å². The number of carbonyl (C=O) groups is 1. The van der Waals surface area contributed by atoms with Crippen molar-refractivity contribution in [3.8, 4) is 0 Å². The molecule has 0 unspecified atom stereocenters. The molecular formula is C23H29N5O5S. The highest BCUT2D eigenvalue weighted by Gasteiger charge is 2.30. The van der Waals surface area contributed by atoms with Crippen LogP contribution < -0.4 is 15.1 Å². The Bertz CT molecular complexity index is 1150. The van der Waals surface area contributed by atoms with Crippen molar-refractivity contribution < 1.29 is 18.1 Å². The van der Waals surface area contributed by atoms with E-state index in [4.69, 9.17) is 0 Å². The minimum atomic E-state index is -3.66. The van der Waals surface area contributed by atoms with Gasteiger partial charge in [-0.15, -0.1) is 0 Å². The molecule has 1 N–H and O–H groups in total. The SMILES string of the molecule is CC(=O)Nc1ccc(S(=O)(=O)N2CCN(c3ccc([N+](=O)[O-])c(N4CCCCC4)c3)CC2)cc1. The average Bonchev–Trinajstić information content (AvgIpc) is 2.84. The lowest BCUT2D eigenvalue weighted by atomic mass is 10.1. The van der Waals surface area contributed by atoms with Crippen molar-refractivity contribution in [3.05, 3.63) is 52.6 Å². The fourth-order valence-corrected chi connectivity index (χ4v) is 5.92. The lowest BCUT2D eigenvalue weighted by Gasteiger charge is -2.36. The number of nitrogens with zero attached hydrogens (tertiary/aromatic N) is 4. The van der Waals surface area contributed by atoms with Gasteiger partial charge >= 0.3 is 0 Å². The third-order valence-corrected chi connectivity index (χ3v) is 8.18. The summed E-state index contributed by atoms with van der Waals surface area (Å²) < 4.78 is 27.6. The molecule has 0 aromatic heterocycles. The normalized spacial score (nSPS) is 17.4. The lowest BCUT2D eigenvalue weighted by Crippen LogP contribution is -2.48. The lowest BCUT2D eigenvalue weighted by molar-refractivity contribution is -0.384. The van der Waals surface area contributed by atoms with Crippen molar-refractivity contribution >= 4 is 38.7 Å². The minimum Gasteiger partial charge on any atom is -0.369 e. The van der Waals surface area contributed by atoms with Crippen LogP contribution in [0.1, 0.15) is 26.2 Å². The number of sulfonamides is 1. The molecule has 2 aromatic carbocycles. The van der Waals surface area contributed by atoms with E-state index < -0.39 is 10.0 Å². The number of nitro benzene ring substituents is 1. The third-order valence-electron chi connectivity index (χ3n) is 6.27. The number of carbonyl (C=O) groups excluding carboxylic acids is 1. The van der Waals surface area contributed by atoms with Gasteiger partial charge in [0.25, 0.3) is 5.69 Å². The number of piperidine rings is 1. The van der Waals surface area contributed by atoms with Crippen LogP contribution in [0.15, 0.2) is 47.4 Å². The van der Waals surface area contributed by atoms with E-state index in [0.29, 0.717) is 37.6 Å². The van der Waals surface area contributed by atoms with Gasteiger partial charge in [0.2, 0.25) is 15.9 Å². The van der Waals surface area contributed by atoms with Gasteiger partial charge in [-0.25, -0.2) is 8.42 Å². The summed E-state index contributed by atoms with van der Waals surface area (Å²) >= 11 is 0. The molecular weight excluding hydrogens is 458 g/mol. The van der Waals surface area contributed by atoms with Crippen molar-refractivity contribution in [1.82, 2.24) is 4.31 Å². The summed E-state index contributed by atoms with van der Waals surface area (Å²) in [6.07, 6.45) is 3.17. The molecule has 11 heteroatoms. The predicted molar refractivity (Wildman–Crippen MR) is 131 cm³/mol. The number of anilines is 3. The van der Waals surface area contributed by atoms with E-state index in [0.717, 1.165) is 38.0 Å². The van der Waals surface area contributed by atoms with Crippen LogP contribution in [0.25, 0.3) is 0 Å². The van der Waals surface area contributed by atoms with Crippen molar-refractivity contribution in [1.29, 1.82) is 0 Å². The highest BCUT2D eigenvalue weighted by atomic mass is 32.2. The smallest absolute Gasteiger partial charge is 0.292 e. The van der Waals surface area contributed by atoms with E-state index in [1.165, 1.54) is 23.4 Å². The van der Waals surface area contributed by atoms with Gasteiger partial charge in [-0.2, -0.15) is 4.31 Å². The molecule has 2 heterocycles. The van der Waals surface area contributed by atoms with Crippen molar-refractivity contribution in [3.63, 3.8) is 0 Å². The van der Waals surface area contributed by atoms with Gasteiger partial charge in [0.05, 0.1) is 9.82 Å². The van der Waals surface area contributed by atoms with E-state index in [1.807, 2.05) is 6.07 Å². The second-order valence-corrected chi connectivity index (χ2v) is 10.5. The first-order valence-corrected chi connectivity index (χ1v) is 12.9. The van der Waals surface area contributed by atoms with Crippen LogP contribution in [0, 0.1) is 10.1 Å². The highest BCUT2D eigenvalue weighted by molar-refractivity contribution is 7.89. The third kappa shape index (κ3) is 5.15. The largest absolute Gasteiger partial charge is 0.369 e. The Morgan fingerprint density at radius 1 is 0.912 bits per heavy atom. The van der Waals surface area contributed by atoms with Gasteiger partial charge in [-0.1, -0.05) is 0 Å². The summed E-state index contributed by atoms with van der Waals surface area (Å²) in [4.78, 5) is 26.8. The Balaban J connectivity index is 1.47. The van der Waals surface area contributed by atoms with Gasteiger partial charge in [-0.3, -0.25) is 14.9 Å². The maximum atomic E-state index is 13.1. The Hall–Kier alpha value is -3.18. The molecule has 4 rings (SSSR count). The Labute approximate surface area is 199 Å². The first-order chi connectivity index (χ1) is 16.3. The molecule has 0 spiro atoms. The Kier molecular flexibility index (Phi) is 7.03. The van der Waals surface area contributed by atoms with Crippen molar-refractivity contribution in [2.45, 2.75) is 31.1 Å². The molecule has 182 valence electrons. The molecule has 2 aromatic rings. The van der Waals surface area contributed by atoms with E-state index in [2.05, 4.69) is 15.1 Å². The average molecular weight is 488 g/mol.